The van der Waals surface area contributed by atoms with Crippen LogP contribution in [0.2, 0.25) is 5.02 Å². The molecule has 0 N–H and O–H groups in total. The van der Waals surface area contributed by atoms with Crippen molar-refractivity contribution in [2.24, 2.45) is 0 Å². The second-order valence-electron chi connectivity index (χ2n) is 2.54. The van der Waals surface area contributed by atoms with Crippen LogP contribution in [0.3, 0.4) is 0 Å². The van der Waals surface area contributed by atoms with E-state index in [-0.39, 0.29) is 0 Å². The van der Waals surface area contributed by atoms with E-state index in [0.29, 0.717) is 22.7 Å². The minimum Gasteiger partial charge on any atom is -0.362 e. The Morgan fingerprint density at radius 2 is 2.25 bits per heavy atom. The Balaban J connectivity index is 3.27. The van der Waals surface area contributed by atoms with Crippen molar-refractivity contribution in [3.63, 3.8) is 0 Å². The van der Waals surface area contributed by atoms with Gasteiger partial charge in [-0.05, 0) is 6.07 Å². The molecule has 1 aromatic heterocycles. The molecular weight excluding hydrogens is 176 g/mol. The van der Waals surface area contributed by atoms with E-state index in [2.05, 4.69) is 4.98 Å². The van der Waals surface area contributed by atoms with Crippen LogP contribution < -0.4 is 4.90 Å². The lowest BCUT2D eigenvalue weighted by molar-refractivity contribution is 0.112. The second-order valence-corrected chi connectivity index (χ2v) is 2.95. The summed E-state index contributed by atoms with van der Waals surface area (Å²) in [5.41, 5.74) is 0.434. The lowest BCUT2D eigenvalue weighted by Crippen LogP contribution is -2.13. The quantitative estimate of drug-likeness (QED) is 0.655. The molecule has 3 nitrogen and oxygen atoms in total. The summed E-state index contributed by atoms with van der Waals surface area (Å²) in [4.78, 5) is 16.4. The number of hydrogen-bond acceptors (Lipinski definition) is 3. The molecule has 0 unspecified atom stereocenters. The summed E-state index contributed by atoms with van der Waals surface area (Å²) in [5, 5.41) is 0.434. The van der Waals surface area contributed by atoms with Crippen LogP contribution in [0.5, 0.6) is 0 Å². The third-order valence-electron chi connectivity index (χ3n) is 1.46. The van der Waals surface area contributed by atoms with E-state index >= 15 is 0 Å². The smallest absolute Gasteiger partial charge is 0.155 e. The van der Waals surface area contributed by atoms with Gasteiger partial charge in [-0.3, -0.25) is 4.79 Å². The van der Waals surface area contributed by atoms with Gasteiger partial charge in [0.05, 0.1) is 10.6 Å². The number of aldehydes is 1. The third kappa shape index (κ3) is 1.56. The minimum atomic E-state index is 0.434. The van der Waals surface area contributed by atoms with Gasteiger partial charge in [0.15, 0.2) is 6.29 Å². The van der Waals surface area contributed by atoms with Crippen molar-refractivity contribution in [1.29, 1.82) is 0 Å². The summed E-state index contributed by atoms with van der Waals surface area (Å²) in [6, 6.07) is 1.60. The number of pyridine rings is 1. The molecule has 0 aromatic carbocycles. The number of halogens is 1. The van der Waals surface area contributed by atoms with Crippen molar-refractivity contribution in [2.45, 2.75) is 0 Å². The van der Waals surface area contributed by atoms with Gasteiger partial charge in [-0.15, -0.1) is 0 Å². The van der Waals surface area contributed by atoms with Crippen LogP contribution in [0.15, 0.2) is 12.3 Å². The topological polar surface area (TPSA) is 33.2 Å². The molecule has 0 aliphatic heterocycles. The van der Waals surface area contributed by atoms with E-state index in [4.69, 9.17) is 11.6 Å². The first-order valence-electron chi connectivity index (χ1n) is 3.44. The van der Waals surface area contributed by atoms with E-state index < -0.39 is 0 Å². The highest BCUT2D eigenvalue weighted by Crippen LogP contribution is 2.21. The summed E-state index contributed by atoms with van der Waals surface area (Å²) >= 11 is 5.78. The van der Waals surface area contributed by atoms with Gasteiger partial charge >= 0.3 is 0 Å². The maximum atomic E-state index is 10.6. The molecule has 12 heavy (non-hydrogen) atoms. The zero-order chi connectivity index (χ0) is 9.14. The zero-order valence-corrected chi connectivity index (χ0v) is 7.67. The molecule has 4 heteroatoms. The van der Waals surface area contributed by atoms with Crippen LogP contribution >= 0.6 is 11.6 Å². The average molecular weight is 185 g/mol. The fourth-order valence-electron chi connectivity index (χ4n) is 0.905. The third-order valence-corrected chi connectivity index (χ3v) is 1.79. The number of carbonyl (C=O) groups is 1. The molecule has 0 fully saturated rings. The van der Waals surface area contributed by atoms with Gasteiger partial charge in [-0.2, -0.15) is 0 Å². The van der Waals surface area contributed by atoms with Gasteiger partial charge in [-0.1, -0.05) is 11.6 Å². The molecule has 1 aromatic rings. The van der Waals surface area contributed by atoms with Crippen LogP contribution in [0.1, 0.15) is 10.4 Å². The van der Waals surface area contributed by atoms with Crippen molar-refractivity contribution < 1.29 is 4.79 Å². The maximum Gasteiger partial charge on any atom is 0.155 e. The first-order valence-corrected chi connectivity index (χ1v) is 3.81. The second kappa shape index (κ2) is 3.54. The Morgan fingerprint density at radius 3 is 2.67 bits per heavy atom. The SMILES string of the molecule is CN(C)c1nccc(Cl)c1C=O. The van der Waals surface area contributed by atoms with Gasteiger partial charge in [0.1, 0.15) is 5.82 Å². The van der Waals surface area contributed by atoms with Crippen LogP contribution in [0.4, 0.5) is 5.82 Å². The van der Waals surface area contributed by atoms with Gasteiger partial charge in [0, 0.05) is 20.3 Å². The molecule has 0 bridgehead atoms. The Kier molecular flexibility index (Phi) is 2.65. The fraction of sp³-hybridized carbons (Fsp3) is 0.250. The summed E-state index contributed by atoms with van der Waals surface area (Å²) < 4.78 is 0. The highest BCUT2D eigenvalue weighted by Gasteiger charge is 2.08. The predicted octanol–water partition coefficient (Wildman–Crippen LogP) is 1.61. The van der Waals surface area contributed by atoms with Gasteiger partial charge in [0.2, 0.25) is 0 Å². The summed E-state index contributed by atoms with van der Waals surface area (Å²) in [7, 11) is 3.62. The summed E-state index contributed by atoms with van der Waals surface area (Å²) in [5.74, 6) is 0.595. The summed E-state index contributed by atoms with van der Waals surface area (Å²) in [6.07, 6.45) is 2.29. The van der Waals surface area contributed by atoms with Crippen LogP contribution in [-0.2, 0) is 0 Å². The highest BCUT2D eigenvalue weighted by molar-refractivity contribution is 6.33. The van der Waals surface area contributed by atoms with Crippen LogP contribution in [-0.4, -0.2) is 25.4 Å². The van der Waals surface area contributed by atoms with E-state index in [1.165, 1.54) is 0 Å². The lowest BCUT2D eigenvalue weighted by atomic mass is 10.3. The molecule has 0 aliphatic carbocycles. The van der Waals surface area contributed by atoms with Gasteiger partial charge < -0.3 is 4.90 Å². The van der Waals surface area contributed by atoms with Crippen LogP contribution in [0, 0.1) is 0 Å². The molecule has 0 saturated heterocycles. The monoisotopic (exact) mass is 184 g/mol. The largest absolute Gasteiger partial charge is 0.362 e. The van der Waals surface area contributed by atoms with Gasteiger partial charge in [-0.25, -0.2) is 4.98 Å². The molecular formula is C8H9ClN2O. The number of carbonyl (C=O) groups excluding carboxylic acids is 1. The molecule has 0 radical (unpaired) electrons. The standard InChI is InChI=1S/C8H9ClN2O/c1-11(2)8-6(5-12)7(9)3-4-10-8/h3-5H,1-2H3. The van der Waals surface area contributed by atoms with Crippen molar-refractivity contribution >= 4 is 23.7 Å². The number of nitrogens with zero attached hydrogens (tertiary/aromatic N) is 2. The molecule has 1 rings (SSSR count). The van der Waals surface area contributed by atoms with Crippen molar-refractivity contribution in [3.8, 4) is 0 Å². The normalized spacial score (nSPS) is 9.58. The zero-order valence-electron chi connectivity index (χ0n) is 6.91. The number of rotatable bonds is 2. The Bertz CT molecular complexity index is 299. The molecule has 0 spiro atoms. The predicted molar refractivity (Wildman–Crippen MR) is 49.0 cm³/mol. The van der Waals surface area contributed by atoms with Crippen LogP contribution in [0.25, 0.3) is 0 Å². The van der Waals surface area contributed by atoms with Gasteiger partial charge in [0.25, 0.3) is 0 Å². The Labute approximate surface area is 76.0 Å². The van der Waals surface area contributed by atoms with Crippen molar-refractivity contribution in [3.05, 3.63) is 22.8 Å². The molecule has 0 saturated carbocycles. The van der Waals surface area contributed by atoms with Crippen molar-refractivity contribution in [1.82, 2.24) is 4.98 Å². The highest BCUT2D eigenvalue weighted by atomic mass is 35.5. The number of aromatic nitrogens is 1. The molecule has 1 heterocycles. The molecule has 64 valence electrons. The Hall–Kier alpha value is -1.09. The fourth-order valence-corrected chi connectivity index (χ4v) is 1.09. The first-order chi connectivity index (χ1) is 5.66. The van der Waals surface area contributed by atoms with Crippen molar-refractivity contribution in [2.75, 3.05) is 19.0 Å². The van der Waals surface area contributed by atoms with E-state index in [1.807, 2.05) is 14.1 Å². The number of anilines is 1. The maximum absolute atomic E-state index is 10.6. The average Bonchev–Trinajstić information content (AvgIpc) is 2.03. The molecule has 0 amide bonds. The lowest BCUT2D eigenvalue weighted by Gasteiger charge is -2.13. The number of hydrogen-bond donors (Lipinski definition) is 0. The first kappa shape index (κ1) is 9.00. The summed E-state index contributed by atoms with van der Waals surface area (Å²) in [6.45, 7) is 0. The minimum absolute atomic E-state index is 0.434. The molecule has 0 atom stereocenters. The van der Waals surface area contributed by atoms with E-state index in [9.17, 15) is 4.79 Å². The van der Waals surface area contributed by atoms with E-state index in [1.54, 1.807) is 17.2 Å². The molecule has 0 aliphatic rings. The Morgan fingerprint density at radius 1 is 1.58 bits per heavy atom. The van der Waals surface area contributed by atoms with E-state index in [0.717, 1.165) is 0 Å².